The molecule has 2 unspecified atom stereocenters. The van der Waals surface area contributed by atoms with E-state index in [-0.39, 0.29) is 24.6 Å². The molecule has 1 amide bonds. The van der Waals surface area contributed by atoms with Gasteiger partial charge in [-0.2, -0.15) is 0 Å². The number of rotatable bonds is 8. The van der Waals surface area contributed by atoms with Crippen LogP contribution in [0.4, 0.5) is 4.79 Å². The smallest absolute Gasteiger partial charge is 0.410 e. The number of hydrogen-bond donors (Lipinski definition) is 1. The Morgan fingerprint density at radius 3 is 2.28 bits per heavy atom. The minimum atomic E-state index is -1.49. The molecule has 1 aliphatic heterocycles. The predicted molar refractivity (Wildman–Crippen MR) is 134 cm³/mol. The van der Waals surface area contributed by atoms with E-state index < -0.39 is 23.4 Å². The van der Waals surface area contributed by atoms with Crippen LogP contribution in [0.2, 0.25) is 0 Å². The number of nitrogens with zero attached hydrogens (tertiary/aromatic N) is 1. The quantitative estimate of drug-likeness (QED) is 0.448. The van der Waals surface area contributed by atoms with Crippen molar-refractivity contribution in [3.8, 4) is 0 Å². The first-order valence-corrected chi connectivity index (χ1v) is 11.9. The Labute approximate surface area is 210 Å². The van der Waals surface area contributed by atoms with Crippen LogP contribution in [0.5, 0.6) is 0 Å². The first kappa shape index (κ1) is 25.0. The number of carbonyl (C=O) groups is 3. The molecular weight excluding hydrogens is 458 g/mol. The third kappa shape index (κ3) is 5.10. The molecule has 36 heavy (non-hydrogen) atoms. The molecule has 1 N–H and O–H groups in total. The number of likely N-dealkylation sites (tertiary alicyclic amines) is 1. The van der Waals surface area contributed by atoms with Crippen molar-refractivity contribution in [1.29, 1.82) is 0 Å². The standard InChI is InChI=1S/C29H29NO6/c1-35-26(31)22-12-8-15-24(18-22)29(27(32)33,23-13-6-3-7-14-23)19-25-16-9-17-30(25)28(34)36-20-21-10-4-2-5-11-21/h2-8,10-15,18,25H,9,16-17,19-20H2,1H3,(H,32,33). The summed E-state index contributed by atoms with van der Waals surface area (Å²) in [5, 5.41) is 10.7. The number of ether oxygens (including phenoxy) is 2. The van der Waals surface area contributed by atoms with Gasteiger partial charge >= 0.3 is 18.0 Å². The number of esters is 1. The van der Waals surface area contributed by atoms with Gasteiger partial charge in [-0.05, 0) is 48.1 Å². The Bertz CT molecular complexity index is 1210. The monoisotopic (exact) mass is 487 g/mol. The van der Waals surface area contributed by atoms with Crippen molar-refractivity contribution in [2.24, 2.45) is 0 Å². The lowest BCUT2D eigenvalue weighted by atomic mass is 9.69. The largest absolute Gasteiger partial charge is 0.480 e. The summed E-state index contributed by atoms with van der Waals surface area (Å²) in [4.78, 5) is 40.0. The van der Waals surface area contributed by atoms with Crippen molar-refractivity contribution in [1.82, 2.24) is 4.90 Å². The second-order valence-corrected chi connectivity index (χ2v) is 8.88. The van der Waals surface area contributed by atoms with Crippen molar-refractivity contribution in [2.75, 3.05) is 13.7 Å². The second-order valence-electron chi connectivity index (χ2n) is 8.88. The van der Waals surface area contributed by atoms with Gasteiger partial charge in [0, 0.05) is 12.6 Å². The van der Waals surface area contributed by atoms with Crippen LogP contribution in [0.15, 0.2) is 84.9 Å². The van der Waals surface area contributed by atoms with Crippen molar-refractivity contribution in [3.05, 3.63) is 107 Å². The minimum Gasteiger partial charge on any atom is -0.480 e. The van der Waals surface area contributed by atoms with Crippen LogP contribution in [-0.4, -0.2) is 47.7 Å². The summed E-state index contributed by atoms with van der Waals surface area (Å²) < 4.78 is 10.4. The van der Waals surface area contributed by atoms with E-state index in [1.807, 2.05) is 36.4 Å². The Morgan fingerprint density at radius 1 is 0.944 bits per heavy atom. The predicted octanol–water partition coefficient (Wildman–Crippen LogP) is 5.04. The molecule has 7 heteroatoms. The maximum absolute atomic E-state index is 13.1. The Balaban J connectivity index is 1.68. The van der Waals surface area contributed by atoms with E-state index in [1.54, 1.807) is 53.4 Å². The van der Waals surface area contributed by atoms with Crippen LogP contribution >= 0.6 is 0 Å². The van der Waals surface area contributed by atoms with Gasteiger partial charge in [0.05, 0.1) is 12.7 Å². The summed E-state index contributed by atoms with van der Waals surface area (Å²) in [5.41, 5.74) is 0.684. The number of benzene rings is 3. The molecule has 1 fully saturated rings. The highest BCUT2D eigenvalue weighted by atomic mass is 16.6. The van der Waals surface area contributed by atoms with Gasteiger partial charge in [-0.3, -0.25) is 4.79 Å². The van der Waals surface area contributed by atoms with Gasteiger partial charge in [0.15, 0.2) is 0 Å². The van der Waals surface area contributed by atoms with Crippen LogP contribution in [0.25, 0.3) is 0 Å². The van der Waals surface area contributed by atoms with Crippen molar-refractivity contribution < 1.29 is 29.0 Å². The van der Waals surface area contributed by atoms with Gasteiger partial charge in [0.1, 0.15) is 12.0 Å². The Morgan fingerprint density at radius 2 is 1.61 bits per heavy atom. The van der Waals surface area contributed by atoms with Gasteiger partial charge in [0.25, 0.3) is 0 Å². The average molecular weight is 488 g/mol. The molecule has 0 aromatic heterocycles. The minimum absolute atomic E-state index is 0.136. The second kappa shape index (κ2) is 11.1. The van der Waals surface area contributed by atoms with E-state index in [1.165, 1.54) is 7.11 Å². The zero-order valence-electron chi connectivity index (χ0n) is 20.1. The zero-order valence-corrected chi connectivity index (χ0v) is 20.1. The molecule has 3 aromatic rings. The summed E-state index contributed by atoms with van der Waals surface area (Å²) in [6.07, 6.45) is 1.07. The van der Waals surface area contributed by atoms with E-state index in [4.69, 9.17) is 9.47 Å². The van der Waals surface area contributed by atoms with Crippen molar-refractivity contribution in [2.45, 2.75) is 37.3 Å². The van der Waals surface area contributed by atoms with E-state index in [2.05, 4.69) is 0 Å². The van der Waals surface area contributed by atoms with E-state index >= 15 is 0 Å². The van der Waals surface area contributed by atoms with Crippen LogP contribution in [-0.2, 0) is 26.3 Å². The molecule has 1 saturated heterocycles. The third-order valence-corrected chi connectivity index (χ3v) is 6.77. The summed E-state index contributed by atoms with van der Waals surface area (Å²) in [6, 6.07) is 24.5. The number of carbonyl (C=O) groups excluding carboxylic acids is 2. The molecule has 1 aliphatic rings. The van der Waals surface area contributed by atoms with Crippen LogP contribution in [0.1, 0.15) is 46.3 Å². The fourth-order valence-electron chi connectivity index (χ4n) is 4.93. The molecule has 7 nitrogen and oxygen atoms in total. The summed E-state index contributed by atoms with van der Waals surface area (Å²) in [7, 11) is 1.29. The number of carboxylic acid groups (broad SMARTS) is 1. The number of methoxy groups -OCH3 is 1. The molecule has 0 spiro atoms. The van der Waals surface area contributed by atoms with E-state index in [0.29, 0.717) is 24.1 Å². The van der Waals surface area contributed by atoms with Gasteiger partial charge in [0.2, 0.25) is 0 Å². The molecule has 4 rings (SSSR count). The fraction of sp³-hybridized carbons (Fsp3) is 0.276. The lowest BCUT2D eigenvalue weighted by Crippen LogP contribution is -2.45. The normalized spacial score (nSPS) is 16.7. The molecule has 1 heterocycles. The van der Waals surface area contributed by atoms with E-state index in [9.17, 15) is 19.5 Å². The van der Waals surface area contributed by atoms with Crippen LogP contribution in [0.3, 0.4) is 0 Å². The summed E-state index contributed by atoms with van der Waals surface area (Å²) in [5.74, 6) is -1.60. The van der Waals surface area contributed by atoms with Crippen LogP contribution in [0, 0.1) is 0 Å². The first-order valence-electron chi connectivity index (χ1n) is 11.9. The molecule has 0 aliphatic carbocycles. The van der Waals surface area contributed by atoms with Gasteiger partial charge < -0.3 is 19.5 Å². The summed E-state index contributed by atoms with van der Waals surface area (Å²) >= 11 is 0. The maximum atomic E-state index is 13.1. The molecule has 2 atom stereocenters. The zero-order chi connectivity index (χ0) is 25.5. The highest BCUT2D eigenvalue weighted by molar-refractivity contribution is 5.91. The number of aliphatic carboxylic acids is 1. The molecule has 0 bridgehead atoms. The lowest BCUT2D eigenvalue weighted by molar-refractivity contribution is -0.143. The Kier molecular flexibility index (Phi) is 7.68. The molecule has 0 saturated carbocycles. The average Bonchev–Trinajstić information content (AvgIpc) is 3.39. The van der Waals surface area contributed by atoms with Gasteiger partial charge in [-0.15, -0.1) is 0 Å². The number of hydrogen-bond acceptors (Lipinski definition) is 5. The summed E-state index contributed by atoms with van der Waals surface area (Å²) in [6.45, 7) is 0.637. The molecular formula is C29H29NO6. The van der Waals surface area contributed by atoms with Gasteiger partial charge in [-0.25, -0.2) is 9.59 Å². The third-order valence-electron chi connectivity index (χ3n) is 6.77. The molecule has 3 aromatic carbocycles. The molecule has 0 radical (unpaired) electrons. The number of amides is 1. The van der Waals surface area contributed by atoms with E-state index in [0.717, 1.165) is 12.0 Å². The molecule has 186 valence electrons. The van der Waals surface area contributed by atoms with Crippen LogP contribution < -0.4 is 0 Å². The maximum Gasteiger partial charge on any atom is 0.410 e. The first-order chi connectivity index (χ1) is 17.5. The SMILES string of the molecule is COC(=O)c1cccc(C(CC2CCCN2C(=O)OCc2ccccc2)(C(=O)O)c2ccccc2)c1. The number of carboxylic acids is 1. The highest BCUT2D eigenvalue weighted by Crippen LogP contribution is 2.41. The van der Waals surface area contributed by atoms with Crippen molar-refractivity contribution in [3.63, 3.8) is 0 Å². The van der Waals surface area contributed by atoms with Gasteiger partial charge in [-0.1, -0.05) is 72.8 Å². The Hall–Kier alpha value is -4.13. The topological polar surface area (TPSA) is 93.1 Å². The fourth-order valence-corrected chi connectivity index (χ4v) is 4.93. The lowest BCUT2D eigenvalue weighted by Gasteiger charge is -2.36. The highest BCUT2D eigenvalue weighted by Gasteiger charge is 2.47. The van der Waals surface area contributed by atoms with Crippen molar-refractivity contribution >= 4 is 18.0 Å².